The van der Waals surface area contributed by atoms with Gasteiger partial charge in [0.2, 0.25) is 17.7 Å². The highest BCUT2D eigenvalue weighted by molar-refractivity contribution is 14.1. The summed E-state index contributed by atoms with van der Waals surface area (Å²) in [7, 11) is 0. The summed E-state index contributed by atoms with van der Waals surface area (Å²) in [5.41, 5.74) is 0. The molecular formula is C21H38IN5O6. The van der Waals surface area contributed by atoms with Crippen LogP contribution in [0.1, 0.15) is 45.4 Å². The van der Waals surface area contributed by atoms with Gasteiger partial charge in [0, 0.05) is 38.5 Å². The Hall–Kier alpha value is -1.67. The maximum atomic E-state index is 11.9. The molecule has 0 unspecified atom stereocenters. The quantitative estimate of drug-likeness (QED) is 0.0835. The zero-order valence-corrected chi connectivity index (χ0v) is 21.5. The zero-order chi connectivity index (χ0) is 24.3. The molecule has 0 bridgehead atoms. The number of carbonyl (C=O) groups excluding carboxylic acids is 4. The SMILES string of the molecule is C[C@H]1NC(=O)N[C@H]1CCCCCC(=O)NCCC(=O)NCCOCCOCCNC(=O)CI. The van der Waals surface area contributed by atoms with E-state index < -0.39 is 0 Å². The Morgan fingerprint density at radius 1 is 0.818 bits per heavy atom. The fourth-order valence-corrected chi connectivity index (χ4v) is 3.45. The van der Waals surface area contributed by atoms with E-state index in [1.165, 1.54) is 0 Å². The Morgan fingerprint density at radius 2 is 1.42 bits per heavy atom. The Morgan fingerprint density at radius 3 is 2.03 bits per heavy atom. The number of amides is 5. The number of alkyl halides is 1. The van der Waals surface area contributed by atoms with Crippen molar-refractivity contribution in [2.75, 3.05) is 50.5 Å². The molecule has 5 N–H and O–H groups in total. The van der Waals surface area contributed by atoms with Crippen molar-refractivity contribution in [3.8, 4) is 0 Å². The van der Waals surface area contributed by atoms with Gasteiger partial charge in [0.1, 0.15) is 0 Å². The summed E-state index contributed by atoms with van der Waals surface area (Å²) in [6, 6.07) is 0.193. The fraction of sp³-hybridized carbons (Fsp3) is 0.810. The van der Waals surface area contributed by atoms with Crippen molar-refractivity contribution in [1.82, 2.24) is 26.6 Å². The summed E-state index contributed by atoms with van der Waals surface area (Å²) >= 11 is 2.00. The molecule has 0 aromatic heterocycles. The van der Waals surface area contributed by atoms with Crippen LogP contribution in [0.2, 0.25) is 0 Å². The lowest BCUT2D eigenvalue weighted by Gasteiger charge is -2.13. The minimum absolute atomic E-state index is 0.0122. The first-order chi connectivity index (χ1) is 15.9. The second-order valence-electron chi connectivity index (χ2n) is 7.77. The third kappa shape index (κ3) is 15.7. The van der Waals surface area contributed by atoms with E-state index in [4.69, 9.17) is 9.47 Å². The molecule has 1 aliphatic rings. The first kappa shape index (κ1) is 29.4. The first-order valence-corrected chi connectivity index (χ1v) is 13.0. The average molecular weight is 583 g/mol. The van der Waals surface area contributed by atoms with Crippen molar-refractivity contribution in [3.63, 3.8) is 0 Å². The molecule has 2 atom stereocenters. The maximum Gasteiger partial charge on any atom is 0.315 e. The second-order valence-corrected chi connectivity index (χ2v) is 8.53. The molecule has 1 saturated heterocycles. The number of hydrogen-bond acceptors (Lipinski definition) is 6. The van der Waals surface area contributed by atoms with Crippen LogP contribution in [0.3, 0.4) is 0 Å². The number of nitrogens with one attached hydrogen (secondary N) is 5. The van der Waals surface area contributed by atoms with Crippen LogP contribution in [-0.2, 0) is 23.9 Å². The molecule has 33 heavy (non-hydrogen) atoms. The van der Waals surface area contributed by atoms with Crippen LogP contribution in [-0.4, -0.2) is 86.3 Å². The number of ether oxygens (including phenoxy) is 2. The highest BCUT2D eigenvalue weighted by Gasteiger charge is 2.26. The Balaban J connectivity index is 1.85. The molecule has 1 fully saturated rings. The normalized spacial score (nSPS) is 17.2. The monoisotopic (exact) mass is 583 g/mol. The predicted molar refractivity (Wildman–Crippen MR) is 132 cm³/mol. The summed E-state index contributed by atoms with van der Waals surface area (Å²) in [6.45, 7) is 4.82. The predicted octanol–water partition coefficient (Wildman–Crippen LogP) is 0.214. The topological polar surface area (TPSA) is 147 Å². The van der Waals surface area contributed by atoms with Crippen LogP contribution < -0.4 is 26.6 Å². The molecule has 11 nitrogen and oxygen atoms in total. The summed E-state index contributed by atoms with van der Waals surface area (Å²) in [4.78, 5) is 45.9. The number of rotatable bonds is 19. The second kappa shape index (κ2) is 18.7. The van der Waals surface area contributed by atoms with Gasteiger partial charge in [0.05, 0.1) is 36.9 Å². The van der Waals surface area contributed by atoms with Crippen molar-refractivity contribution in [2.45, 2.75) is 57.5 Å². The molecule has 12 heteroatoms. The highest BCUT2D eigenvalue weighted by Crippen LogP contribution is 2.11. The standard InChI is InChI=1S/C21H38IN5O6/c1-16-17(27-21(31)26-16)5-3-2-4-6-18(28)23-8-7-19(29)24-9-11-32-13-14-33-12-10-25-20(30)15-22/h16-17H,2-15H2,1H3,(H,23,28)(H,24,29)(H,25,30)(H2,26,27,31)/t16-,17+/m1/s1. The highest BCUT2D eigenvalue weighted by atomic mass is 127. The van der Waals surface area contributed by atoms with Crippen molar-refractivity contribution in [3.05, 3.63) is 0 Å². The number of hydrogen-bond donors (Lipinski definition) is 5. The van der Waals surface area contributed by atoms with Crippen LogP contribution >= 0.6 is 22.6 Å². The van der Waals surface area contributed by atoms with Crippen LogP contribution in [0.4, 0.5) is 4.79 Å². The molecule has 1 aliphatic heterocycles. The van der Waals surface area contributed by atoms with Crippen LogP contribution in [0.5, 0.6) is 0 Å². The molecular weight excluding hydrogens is 545 g/mol. The van der Waals surface area contributed by atoms with Crippen LogP contribution in [0.15, 0.2) is 0 Å². The molecule has 190 valence electrons. The van der Waals surface area contributed by atoms with E-state index in [9.17, 15) is 19.2 Å². The number of unbranched alkanes of at least 4 members (excludes halogenated alkanes) is 2. The molecule has 0 spiro atoms. The van der Waals surface area contributed by atoms with Gasteiger partial charge in [0.15, 0.2) is 0 Å². The molecule has 0 radical (unpaired) electrons. The van der Waals surface area contributed by atoms with Gasteiger partial charge in [-0.3, -0.25) is 14.4 Å². The first-order valence-electron chi connectivity index (χ1n) is 11.5. The van der Waals surface area contributed by atoms with Crippen LogP contribution in [0.25, 0.3) is 0 Å². The minimum atomic E-state index is -0.137. The van der Waals surface area contributed by atoms with E-state index in [0.29, 0.717) is 56.9 Å². The molecule has 0 aliphatic carbocycles. The maximum absolute atomic E-state index is 11.9. The molecule has 1 heterocycles. The third-order valence-corrected chi connectivity index (χ3v) is 5.70. The van der Waals surface area contributed by atoms with Gasteiger partial charge in [-0.2, -0.15) is 0 Å². The van der Waals surface area contributed by atoms with Gasteiger partial charge >= 0.3 is 6.03 Å². The fourth-order valence-electron chi connectivity index (χ4n) is 3.18. The Labute approximate surface area is 209 Å². The summed E-state index contributed by atoms with van der Waals surface area (Å²) in [6.07, 6.45) is 4.23. The smallest absolute Gasteiger partial charge is 0.315 e. The van der Waals surface area contributed by atoms with Gasteiger partial charge in [-0.05, 0) is 19.8 Å². The molecule has 0 aromatic carbocycles. The van der Waals surface area contributed by atoms with E-state index >= 15 is 0 Å². The lowest BCUT2D eigenvalue weighted by atomic mass is 10.0. The number of carbonyl (C=O) groups is 4. The van der Waals surface area contributed by atoms with Crippen molar-refractivity contribution in [1.29, 1.82) is 0 Å². The van der Waals surface area contributed by atoms with Crippen molar-refractivity contribution < 1.29 is 28.7 Å². The Kier molecular flexibility index (Phi) is 16.7. The zero-order valence-electron chi connectivity index (χ0n) is 19.4. The van der Waals surface area contributed by atoms with Gasteiger partial charge in [0.25, 0.3) is 0 Å². The lowest BCUT2D eigenvalue weighted by molar-refractivity contribution is -0.122. The van der Waals surface area contributed by atoms with E-state index in [-0.39, 0.29) is 42.3 Å². The van der Waals surface area contributed by atoms with Crippen molar-refractivity contribution >= 4 is 46.3 Å². The van der Waals surface area contributed by atoms with E-state index in [1.807, 2.05) is 29.5 Å². The van der Waals surface area contributed by atoms with Gasteiger partial charge < -0.3 is 36.1 Å². The van der Waals surface area contributed by atoms with Gasteiger partial charge in [-0.25, -0.2) is 4.79 Å². The molecule has 5 amide bonds. The lowest BCUT2D eigenvalue weighted by Crippen LogP contribution is -2.32. The van der Waals surface area contributed by atoms with Gasteiger partial charge in [-0.1, -0.05) is 35.4 Å². The number of halogens is 1. The van der Waals surface area contributed by atoms with E-state index in [2.05, 4.69) is 26.6 Å². The van der Waals surface area contributed by atoms with E-state index in [0.717, 1.165) is 25.7 Å². The van der Waals surface area contributed by atoms with Crippen molar-refractivity contribution in [2.24, 2.45) is 0 Å². The van der Waals surface area contributed by atoms with Crippen LogP contribution in [0, 0.1) is 0 Å². The molecule has 1 rings (SSSR count). The largest absolute Gasteiger partial charge is 0.377 e. The molecule has 0 saturated carbocycles. The van der Waals surface area contributed by atoms with Gasteiger partial charge in [-0.15, -0.1) is 0 Å². The number of urea groups is 1. The third-order valence-electron chi connectivity index (χ3n) is 5.00. The summed E-state index contributed by atoms with van der Waals surface area (Å²) in [5.74, 6) is -0.200. The van der Waals surface area contributed by atoms with E-state index in [1.54, 1.807) is 0 Å². The Bertz CT molecular complexity index is 610. The summed E-state index contributed by atoms with van der Waals surface area (Å²) < 4.78 is 11.1. The minimum Gasteiger partial charge on any atom is -0.377 e. The average Bonchev–Trinajstić information content (AvgIpc) is 3.11. The summed E-state index contributed by atoms with van der Waals surface area (Å²) in [5, 5.41) is 13.9. The molecule has 0 aromatic rings.